The number of fused-ring (bicyclic) bond motifs is 3. The Hall–Kier alpha value is -3.61. The molecule has 1 aliphatic heterocycles. The summed E-state index contributed by atoms with van der Waals surface area (Å²) in [5.74, 6) is 0.793. The molecule has 3 heterocycles. The van der Waals surface area contributed by atoms with Gasteiger partial charge in [0, 0.05) is 33.2 Å². The zero-order valence-electron chi connectivity index (χ0n) is 19.0. The molecule has 0 bridgehead atoms. The van der Waals surface area contributed by atoms with Crippen molar-refractivity contribution in [3.63, 3.8) is 0 Å². The normalized spacial score (nSPS) is 13.4. The average molecular weight is 444 g/mol. The molecular weight excluding hydrogens is 414 g/mol. The van der Waals surface area contributed by atoms with Gasteiger partial charge in [0.15, 0.2) is 11.2 Å². The van der Waals surface area contributed by atoms with E-state index in [1.807, 2.05) is 28.8 Å². The quantitative estimate of drug-likeness (QED) is 0.441. The van der Waals surface area contributed by atoms with E-state index in [1.165, 1.54) is 20.3 Å². The van der Waals surface area contributed by atoms with Crippen molar-refractivity contribution >= 4 is 17.1 Å². The minimum atomic E-state index is -0.299. The van der Waals surface area contributed by atoms with Crippen LogP contribution in [0.15, 0.2) is 70.3 Å². The van der Waals surface area contributed by atoms with Crippen LogP contribution < -0.4 is 16.1 Å². The molecule has 0 saturated heterocycles. The predicted molar refractivity (Wildman–Crippen MR) is 131 cm³/mol. The molecule has 0 unspecified atom stereocenters. The Morgan fingerprint density at radius 1 is 0.848 bits per heavy atom. The van der Waals surface area contributed by atoms with Crippen LogP contribution in [0, 0.1) is 0 Å². The molecule has 2 aromatic carbocycles. The highest BCUT2D eigenvalue weighted by Gasteiger charge is 2.25. The molecule has 5 rings (SSSR count). The highest BCUT2D eigenvalue weighted by Crippen LogP contribution is 2.24. The van der Waals surface area contributed by atoms with Gasteiger partial charge in [0.05, 0.1) is 0 Å². The number of rotatable bonds is 7. The van der Waals surface area contributed by atoms with Crippen molar-refractivity contribution in [2.45, 2.75) is 38.8 Å². The van der Waals surface area contributed by atoms with Gasteiger partial charge in [-0.25, -0.2) is 4.79 Å². The van der Waals surface area contributed by atoms with E-state index in [2.05, 4.69) is 41.3 Å². The minimum Gasteiger partial charge on any atom is -0.342 e. The summed E-state index contributed by atoms with van der Waals surface area (Å²) in [6.45, 7) is 2.86. The van der Waals surface area contributed by atoms with E-state index < -0.39 is 0 Å². The molecule has 0 amide bonds. The third-order valence-corrected chi connectivity index (χ3v) is 6.51. The summed E-state index contributed by atoms with van der Waals surface area (Å²) in [6, 6.07) is 20.5. The molecule has 0 radical (unpaired) electrons. The van der Waals surface area contributed by atoms with E-state index in [0.717, 1.165) is 51.3 Å². The summed E-state index contributed by atoms with van der Waals surface area (Å²) in [5, 5.41) is 0. The Morgan fingerprint density at radius 3 is 2.21 bits per heavy atom. The van der Waals surface area contributed by atoms with Gasteiger partial charge in [0.25, 0.3) is 5.56 Å². The maximum Gasteiger partial charge on any atom is 0.332 e. The molecule has 0 atom stereocenters. The fourth-order valence-corrected chi connectivity index (χ4v) is 4.74. The van der Waals surface area contributed by atoms with Gasteiger partial charge < -0.3 is 9.47 Å². The molecule has 7 heteroatoms. The number of hydrogen-bond acceptors (Lipinski definition) is 4. The summed E-state index contributed by atoms with van der Waals surface area (Å²) in [5.41, 5.74) is 2.97. The number of aromatic nitrogens is 4. The van der Waals surface area contributed by atoms with Crippen molar-refractivity contribution < 1.29 is 0 Å². The van der Waals surface area contributed by atoms with Crippen LogP contribution in [-0.2, 0) is 33.0 Å². The summed E-state index contributed by atoms with van der Waals surface area (Å²) in [6.07, 6.45) is 3.41. The first-order valence-electron chi connectivity index (χ1n) is 11.7. The molecular formula is C26H29N5O2. The van der Waals surface area contributed by atoms with Gasteiger partial charge >= 0.3 is 5.69 Å². The second-order valence-corrected chi connectivity index (χ2v) is 8.70. The Balaban J connectivity index is 1.45. The van der Waals surface area contributed by atoms with E-state index in [1.54, 1.807) is 7.05 Å². The van der Waals surface area contributed by atoms with Crippen molar-refractivity contribution in [3.05, 3.63) is 92.6 Å². The van der Waals surface area contributed by atoms with Crippen LogP contribution >= 0.6 is 0 Å². The van der Waals surface area contributed by atoms with Crippen LogP contribution in [0.5, 0.6) is 0 Å². The fourth-order valence-electron chi connectivity index (χ4n) is 4.74. The number of anilines is 1. The Bertz CT molecular complexity index is 1370. The predicted octanol–water partition coefficient (Wildman–Crippen LogP) is 2.98. The highest BCUT2D eigenvalue weighted by atomic mass is 16.2. The molecule has 2 aromatic heterocycles. The van der Waals surface area contributed by atoms with Gasteiger partial charge in [-0.1, -0.05) is 60.7 Å². The first-order valence-corrected chi connectivity index (χ1v) is 11.7. The topological polar surface area (TPSA) is 65.1 Å². The monoisotopic (exact) mass is 443 g/mol. The van der Waals surface area contributed by atoms with Crippen molar-refractivity contribution in [2.75, 3.05) is 18.0 Å². The number of nitrogens with zero attached hydrogens (tertiary/aromatic N) is 5. The first kappa shape index (κ1) is 21.2. The lowest BCUT2D eigenvalue weighted by Crippen LogP contribution is -2.40. The van der Waals surface area contributed by atoms with Crippen LogP contribution in [0.4, 0.5) is 5.95 Å². The number of benzene rings is 2. The van der Waals surface area contributed by atoms with Crippen molar-refractivity contribution in [2.24, 2.45) is 7.05 Å². The number of hydrogen-bond donors (Lipinski definition) is 0. The van der Waals surface area contributed by atoms with E-state index in [4.69, 9.17) is 4.98 Å². The van der Waals surface area contributed by atoms with Gasteiger partial charge in [-0.3, -0.25) is 13.9 Å². The first-order chi connectivity index (χ1) is 16.1. The maximum atomic E-state index is 13.4. The average Bonchev–Trinajstić information content (AvgIpc) is 3.25. The molecule has 0 aliphatic carbocycles. The van der Waals surface area contributed by atoms with Crippen LogP contribution in [0.2, 0.25) is 0 Å². The zero-order chi connectivity index (χ0) is 22.8. The summed E-state index contributed by atoms with van der Waals surface area (Å²) in [7, 11) is 1.71. The molecule has 1 aliphatic rings. The molecule has 0 spiro atoms. The van der Waals surface area contributed by atoms with Crippen molar-refractivity contribution in [3.8, 4) is 0 Å². The summed E-state index contributed by atoms with van der Waals surface area (Å²) < 4.78 is 4.92. The van der Waals surface area contributed by atoms with E-state index in [-0.39, 0.29) is 11.2 Å². The third-order valence-electron chi connectivity index (χ3n) is 6.51. The third kappa shape index (κ3) is 4.11. The van der Waals surface area contributed by atoms with Gasteiger partial charge in [-0.2, -0.15) is 4.98 Å². The second-order valence-electron chi connectivity index (χ2n) is 8.70. The lowest BCUT2D eigenvalue weighted by Gasteiger charge is -2.29. The molecule has 0 N–H and O–H groups in total. The van der Waals surface area contributed by atoms with Gasteiger partial charge in [0.2, 0.25) is 5.95 Å². The Morgan fingerprint density at radius 2 is 1.52 bits per heavy atom. The fraction of sp³-hybridized carbons (Fsp3) is 0.346. The number of imidazole rings is 1. The molecule has 33 heavy (non-hydrogen) atoms. The zero-order valence-corrected chi connectivity index (χ0v) is 19.0. The summed E-state index contributed by atoms with van der Waals surface area (Å²) >= 11 is 0. The summed E-state index contributed by atoms with van der Waals surface area (Å²) in [4.78, 5) is 33.5. The van der Waals surface area contributed by atoms with Crippen molar-refractivity contribution in [1.82, 2.24) is 18.7 Å². The van der Waals surface area contributed by atoms with Gasteiger partial charge in [-0.15, -0.1) is 0 Å². The number of aryl methyl sites for hydroxylation is 3. The molecule has 170 valence electrons. The lowest BCUT2D eigenvalue weighted by molar-refractivity contribution is 0.554. The largest absolute Gasteiger partial charge is 0.342 e. The Labute approximate surface area is 192 Å². The van der Waals surface area contributed by atoms with E-state index in [9.17, 15) is 9.59 Å². The van der Waals surface area contributed by atoms with E-state index >= 15 is 0 Å². The molecule has 7 nitrogen and oxygen atoms in total. The Kier molecular flexibility index (Phi) is 5.86. The van der Waals surface area contributed by atoms with Crippen molar-refractivity contribution in [1.29, 1.82) is 0 Å². The molecule has 0 saturated carbocycles. The van der Waals surface area contributed by atoms with Crippen LogP contribution in [0.25, 0.3) is 11.2 Å². The van der Waals surface area contributed by atoms with Crippen LogP contribution in [0.1, 0.15) is 24.0 Å². The van der Waals surface area contributed by atoms with Crippen LogP contribution in [-0.4, -0.2) is 31.8 Å². The standard InChI is InChI=1S/C26H29N5O2/c1-28-23-22(24(32)31(26(28)33)17-8-14-20-10-4-2-5-11-20)30-18-9-16-29(25(30)27-23)19-15-21-12-6-3-7-13-21/h2-7,10-13H,8-9,14-19H2,1H3. The van der Waals surface area contributed by atoms with Gasteiger partial charge in [0.1, 0.15) is 0 Å². The SMILES string of the molecule is Cn1c(=O)n(CCCc2ccccc2)c(=O)c2c1nc1n2CCCN1CCc1ccccc1. The second kappa shape index (κ2) is 9.10. The van der Waals surface area contributed by atoms with Crippen LogP contribution in [0.3, 0.4) is 0 Å². The molecule has 0 fully saturated rings. The minimum absolute atomic E-state index is 0.232. The lowest BCUT2D eigenvalue weighted by atomic mass is 10.1. The smallest absolute Gasteiger partial charge is 0.332 e. The molecule has 4 aromatic rings. The van der Waals surface area contributed by atoms with E-state index in [0.29, 0.717) is 17.7 Å². The highest BCUT2D eigenvalue weighted by molar-refractivity contribution is 5.75. The maximum absolute atomic E-state index is 13.4. The van der Waals surface area contributed by atoms with Gasteiger partial charge in [-0.05, 0) is 36.8 Å².